The summed E-state index contributed by atoms with van der Waals surface area (Å²) in [6, 6.07) is 6.49. The van der Waals surface area contributed by atoms with Crippen LogP contribution < -0.4 is 10.1 Å². The first-order valence-electron chi connectivity index (χ1n) is 8.02. The van der Waals surface area contributed by atoms with Gasteiger partial charge in [0.05, 0.1) is 5.69 Å². The summed E-state index contributed by atoms with van der Waals surface area (Å²) >= 11 is 0. The lowest BCUT2D eigenvalue weighted by molar-refractivity contribution is -0.000935. The van der Waals surface area contributed by atoms with Gasteiger partial charge in [-0.1, -0.05) is 26.0 Å². The second-order valence-corrected chi connectivity index (χ2v) is 7.57. The fourth-order valence-electron chi connectivity index (χ4n) is 4.05. The molecule has 2 heteroatoms. The Morgan fingerprint density at radius 2 is 1.95 bits per heavy atom. The monoisotopic (exact) mass is 273 g/mol. The Bertz CT molecular complexity index is 494. The fourth-order valence-corrected chi connectivity index (χ4v) is 4.05. The summed E-state index contributed by atoms with van der Waals surface area (Å²) in [5.41, 5.74) is 3.03. The van der Waals surface area contributed by atoms with E-state index in [2.05, 4.69) is 44.3 Å². The molecule has 2 nitrogen and oxygen atoms in total. The van der Waals surface area contributed by atoms with Gasteiger partial charge in [0, 0.05) is 6.54 Å². The molecule has 20 heavy (non-hydrogen) atoms. The van der Waals surface area contributed by atoms with Crippen molar-refractivity contribution in [3.8, 4) is 5.75 Å². The van der Waals surface area contributed by atoms with E-state index in [4.69, 9.17) is 4.74 Å². The average molecular weight is 273 g/mol. The Kier molecular flexibility index (Phi) is 3.43. The molecule has 1 saturated carbocycles. The molecule has 1 heterocycles. The third kappa shape index (κ3) is 2.79. The van der Waals surface area contributed by atoms with E-state index in [1.54, 1.807) is 0 Å². The maximum atomic E-state index is 6.51. The van der Waals surface area contributed by atoms with Gasteiger partial charge in [0.1, 0.15) is 11.4 Å². The van der Waals surface area contributed by atoms with Gasteiger partial charge in [0.15, 0.2) is 0 Å². The van der Waals surface area contributed by atoms with Crippen molar-refractivity contribution in [1.82, 2.24) is 0 Å². The Labute approximate surface area is 122 Å². The van der Waals surface area contributed by atoms with Crippen LogP contribution in [-0.2, 0) is 6.42 Å². The molecule has 0 spiro atoms. The lowest BCUT2D eigenvalue weighted by Crippen LogP contribution is -2.41. The molecule has 1 atom stereocenters. The highest BCUT2D eigenvalue weighted by molar-refractivity contribution is 5.63. The van der Waals surface area contributed by atoms with Gasteiger partial charge in [-0.25, -0.2) is 0 Å². The molecule has 0 bridgehead atoms. The van der Waals surface area contributed by atoms with Crippen LogP contribution in [0, 0.1) is 5.41 Å². The van der Waals surface area contributed by atoms with Crippen LogP contribution in [0.3, 0.4) is 0 Å². The van der Waals surface area contributed by atoms with Crippen molar-refractivity contribution in [1.29, 1.82) is 0 Å². The molecule has 1 aromatic rings. The average Bonchev–Trinajstić information content (AvgIpc) is 2.37. The zero-order valence-corrected chi connectivity index (χ0v) is 13.1. The van der Waals surface area contributed by atoms with Crippen molar-refractivity contribution in [3.63, 3.8) is 0 Å². The number of para-hydroxylation sites is 1. The number of anilines is 1. The second-order valence-electron chi connectivity index (χ2n) is 7.57. The Morgan fingerprint density at radius 3 is 2.75 bits per heavy atom. The Balaban J connectivity index is 1.84. The highest BCUT2D eigenvalue weighted by atomic mass is 16.5. The summed E-state index contributed by atoms with van der Waals surface area (Å²) in [6.07, 6.45) is 7.29. The van der Waals surface area contributed by atoms with Gasteiger partial charge in [-0.2, -0.15) is 0 Å². The summed E-state index contributed by atoms with van der Waals surface area (Å²) in [7, 11) is 0. The molecule has 1 aliphatic carbocycles. The van der Waals surface area contributed by atoms with Gasteiger partial charge < -0.3 is 10.1 Å². The van der Waals surface area contributed by atoms with E-state index < -0.39 is 0 Å². The predicted molar refractivity (Wildman–Crippen MR) is 84.5 cm³/mol. The maximum Gasteiger partial charge on any atom is 0.143 e. The molecule has 1 unspecified atom stereocenters. The molecule has 0 radical (unpaired) electrons. The van der Waals surface area contributed by atoms with Gasteiger partial charge in [0.25, 0.3) is 0 Å². The van der Waals surface area contributed by atoms with Crippen LogP contribution in [0.1, 0.15) is 58.4 Å². The standard InChI is InChI=1S/C18H27NO/c1-17(2)10-6-11-18(3,13-17)20-15-9-4-7-14-8-5-12-19-16(14)15/h4,7,9,19H,5-6,8,10-13H2,1-3H3. The normalized spacial score (nSPS) is 28.4. The molecule has 0 saturated heterocycles. The van der Waals surface area contributed by atoms with E-state index >= 15 is 0 Å². The van der Waals surface area contributed by atoms with E-state index in [-0.39, 0.29) is 5.60 Å². The maximum absolute atomic E-state index is 6.51. The molecule has 2 aliphatic rings. The third-order valence-electron chi connectivity index (χ3n) is 4.81. The fraction of sp³-hybridized carbons (Fsp3) is 0.667. The van der Waals surface area contributed by atoms with Crippen LogP contribution in [0.4, 0.5) is 5.69 Å². The lowest BCUT2D eigenvalue weighted by Gasteiger charge is -2.43. The minimum atomic E-state index is -0.0179. The first-order chi connectivity index (χ1) is 9.48. The molecule has 0 amide bonds. The van der Waals surface area contributed by atoms with Crippen molar-refractivity contribution in [3.05, 3.63) is 23.8 Å². The van der Waals surface area contributed by atoms with Gasteiger partial charge in [0.2, 0.25) is 0 Å². The first-order valence-corrected chi connectivity index (χ1v) is 8.02. The lowest BCUT2D eigenvalue weighted by atomic mass is 9.70. The summed E-state index contributed by atoms with van der Waals surface area (Å²) in [5, 5.41) is 3.53. The van der Waals surface area contributed by atoms with E-state index in [9.17, 15) is 0 Å². The van der Waals surface area contributed by atoms with Gasteiger partial charge in [-0.3, -0.25) is 0 Å². The molecule has 0 aromatic heterocycles. The van der Waals surface area contributed by atoms with Crippen LogP contribution in [-0.4, -0.2) is 12.1 Å². The number of benzene rings is 1. The topological polar surface area (TPSA) is 21.3 Å². The zero-order valence-electron chi connectivity index (χ0n) is 13.1. The van der Waals surface area contributed by atoms with E-state index in [0.717, 1.165) is 18.7 Å². The van der Waals surface area contributed by atoms with Crippen molar-refractivity contribution in [2.45, 2.75) is 64.9 Å². The molecule has 1 N–H and O–H groups in total. The van der Waals surface area contributed by atoms with Crippen LogP contribution in [0.2, 0.25) is 0 Å². The third-order valence-corrected chi connectivity index (χ3v) is 4.81. The predicted octanol–water partition coefficient (Wildman–Crippen LogP) is 4.78. The molecular weight excluding hydrogens is 246 g/mol. The smallest absolute Gasteiger partial charge is 0.143 e. The van der Waals surface area contributed by atoms with E-state index in [1.165, 1.54) is 43.4 Å². The van der Waals surface area contributed by atoms with Crippen LogP contribution in [0.5, 0.6) is 5.75 Å². The minimum Gasteiger partial charge on any atom is -0.485 e. The summed E-state index contributed by atoms with van der Waals surface area (Å²) in [4.78, 5) is 0. The second kappa shape index (κ2) is 4.98. The minimum absolute atomic E-state index is 0.0179. The SMILES string of the molecule is CC1(C)CCCC(C)(Oc2cccc3c2NCCC3)C1. The highest BCUT2D eigenvalue weighted by Crippen LogP contribution is 2.44. The first kappa shape index (κ1) is 13.8. The van der Waals surface area contributed by atoms with Crippen LogP contribution in [0.25, 0.3) is 0 Å². The molecule has 1 fully saturated rings. The number of nitrogens with one attached hydrogen (secondary N) is 1. The van der Waals surface area contributed by atoms with Crippen molar-refractivity contribution >= 4 is 5.69 Å². The number of ether oxygens (including phenoxy) is 1. The largest absolute Gasteiger partial charge is 0.485 e. The number of hydrogen-bond donors (Lipinski definition) is 1. The van der Waals surface area contributed by atoms with Crippen molar-refractivity contribution in [2.24, 2.45) is 5.41 Å². The van der Waals surface area contributed by atoms with E-state index in [1.807, 2.05) is 0 Å². The summed E-state index contributed by atoms with van der Waals surface area (Å²) in [6.45, 7) is 8.09. The molecule has 110 valence electrons. The van der Waals surface area contributed by atoms with Gasteiger partial charge in [-0.05, 0) is 62.5 Å². The molecule has 1 aromatic carbocycles. The molecular formula is C18H27NO. The van der Waals surface area contributed by atoms with Gasteiger partial charge >= 0.3 is 0 Å². The number of rotatable bonds is 2. The van der Waals surface area contributed by atoms with E-state index in [0.29, 0.717) is 5.41 Å². The quantitative estimate of drug-likeness (QED) is 0.837. The van der Waals surface area contributed by atoms with Gasteiger partial charge in [-0.15, -0.1) is 0 Å². The Morgan fingerprint density at radius 1 is 1.10 bits per heavy atom. The molecule has 3 rings (SSSR count). The number of fused-ring (bicyclic) bond motifs is 1. The van der Waals surface area contributed by atoms with Crippen LogP contribution >= 0.6 is 0 Å². The zero-order chi connectivity index (χ0) is 14.2. The summed E-state index contributed by atoms with van der Waals surface area (Å²) in [5.74, 6) is 1.06. The Hall–Kier alpha value is -1.18. The summed E-state index contributed by atoms with van der Waals surface area (Å²) < 4.78 is 6.51. The van der Waals surface area contributed by atoms with Crippen LogP contribution in [0.15, 0.2) is 18.2 Å². The highest BCUT2D eigenvalue weighted by Gasteiger charge is 2.38. The van der Waals surface area contributed by atoms with Crippen molar-refractivity contribution < 1.29 is 4.74 Å². The number of aryl methyl sites for hydroxylation is 1. The molecule has 1 aliphatic heterocycles. The van der Waals surface area contributed by atoms with Crippen molar-refractivity contribution in [2.75, 3.05) is 11.9 Å². The number of hydrogen-bond acceptors (Lipinski definition) is 2.